The number of halogens is 4. The summed E-state index contributed by atoms with van der Waals surface area (Å²) in [7, 11) is 0. The molecule has 0 saturated carbocycles. The molecule has 0 spiro atoms. The molecule has 1 atom stereocenters. The SMILES string of the molecule is CCCSC1(C(F)(F)F)CNC(=O)Nc2ccc(Cl)cc21. The van der Waals surface area contributed by atoms with Crippen molar-refractivity contribution in [2.45, 2.75) is 24.3 Å². The van der Waals surface area contributed by atoms with Crippen LogP contribution in [0, 0.1) is 0 Å². The lowest BCUT2D eigenvalue weighted by Gasteiger charge is -2.35. The van der Waals surface area contributed by atoms with Gasteiger partial charge in [0.05, 0.1) is 0 Å². The number of nitrogens with one attached hydrogen (secondary N) is 2. The van der Waals surface area contributed by atoms with Gasteiger partial charge in [0.15, 0.2) is 4.75 Å². The van der Waals surface area contributed by atoms with E-state index in [9.17, 15) is 18.0 Å². The highest BCUT2D eigenvalue weighted by Gasteiger charge is 2.58. The third-order valence-corrected chi connectivity index (χ3v) is 5.11. The van der Waals surface area contributed by atoms with Gasteiger partial charge in [0, 0.05) is 22.8 Å². The number of hydrogen-bond acceptors (Lipinski definition) is 2. The number of fused-ring (bicyclic) bond motifs is 1. The van der Waals surface area contributed by atoms with E-state index in [4.69, 9.17) is 11.6 Å². The average Bonchev–Trinajstić information content (AvgIpc) is 2.53. The molecule has 0 fully saturated rings. The average molecular weight is 339 g/mol. The number of hydrogen-bond donors (Lipinski definition) is 2. The largest absolute Gasteiger partial charge is 0.409 e. The van der Waals surface area contributed by atoms with Crippen LogP contribution in [0.15, 0.2) is 18.2 Å². The van der Waals surface area contributed by atoms with E-state index in [1.54, 1.807) is 0 Å². The Balaban J connectivity index is 2.63. The molecule has 2 amide bonds. The molecule has 2 N–H and O–H groups in total. The zero-order valence-electron chi connectivity index (χ0n) is 11.2. The molecular formula is C13H14ClF3N2OS. The van der Waals surface area contributed by atoms with Crippen molar-refractivity contribution in [3.8, 4) is 0 Å². The summed E-state index contributed by atoms with van der Waals surface area (Å²) in [5.41, 5.74) is 0.120. The molecular weight excluding hydrogens is 325 g/mol. The quantitative estimate of drug-likeness (QED) is 0.859. The van der Waals surface area contributed by atoms with Crippen LogP contribution >= 0.6 is 23.4 Å². The van der Waals surface area contributed by atoms with E-state index in [0.29, 0.717) is 12.2 Å². The van der Waals surface area contributed by atoms with E-state index in [1.165, 1.54) is 18.2 Å². The van der Waals surface area contributed by atoms with Crippen molar-refractivity contribution in [1.29, 1.82) is 0 Å². The molecule has 1 aliphatic heterocycles. The fourth-order valence-corrected chi connectivity index (χ4v) is 3.55. The first-order chi connectivity index (χ1) is 9.80. The fourth-order valence-electron chi connectivity index (χ4n) is 2.17. The highest BCUT2D eigenvalue weighted by molar-refractivity contribution is 8.00. The molecule has 0 bridgehead atoms. The molecule has 1 aliphatic rings. The second-order valence-electron chi connectivity index (χ2n) is 4.67. The first-order valence-corrected chi connectivity index (χ1v) is 7.72. The molecule has 8 heteroatoms. The predicted molar refractivity (Wildman–Crippen MR) is 79.0 cm³/mol. The van der Waals surface area contributed by atoms with Gasteiger partial charge in [-0.2, -0.15) is 13.2 Å². The van der Waals surface area contributed by atoms with Crippen LogP contribution in [-0.2, 0) is 4.75 Å². The van der Waals surface area contributed by atoms with Crippen LogP contribution in [0.25, 0.3) is 0 Å². The minimum Gasteiger partial charge on any atom is -0.336 e. The summed E-state index contributed by atoms with van der Waals surface area (Å²) in [5.74, 6) is 0.321. The fraction of sp³-hybridized carbons (Fsp3) is 0.462. The minimum absolute atomic E-state index is 0.0145. The maximum Gasteiger partial charge on any atom is 0.409 e. The van der Waals surface area contributed by atoms with E-state index in [0.717, 1.165) is 11.8 Å². The number of anilines is 1. The lowest BCUT2D eigenvalue weighted by atomic mass is 9.95. The molecule has 116 valence electrons. The normalized spacial score (nSPS) is 22.0. The lowest BCUT2D eigenvalue weighted by molar-refractivity contribution is -0.160. The zero-order chi connectivity index (χ0) is 15.7. The number of thioether (sulfide) groups is 1. The number of urea groups is 1. The number of carbonyl (C=O) groups excluding carboxylic acids is 1. The van der Waals surface area contributed by atoms with Crippen LogP contribution in [0.4, 0.5) is 23.7 Å². The summed E-state index contributed by atoms with van der Waals surface area (Å²) >= 11 is 6.65. The zero-order valence-corrected chi connectivity index (χ0v) is 12.8. The van der Waals surface area contributed by atoms with Crippen molar-refractivity contribution >= 4 is 35.1 Å². The van der Waals surface area contributed by atoms with E-state index >= 15 is 0 Å². The van der Waals surface area contributed by atoms with Gasteiger partial charge < -0.3 is 10.6 Å². The van der Waals surface area contributed by atoms with Crippen LogP contribution in [0.2, 0.25) is 5.02 Å². The van der Waals surface area contributed by atoms with Crippen molar-refractivity contribution in [2.24, 2.45) is 0 Å². The summed E-state index contributed by atoms with van der Waals surface area (Å²) in [6, 6.07) is 3.48. The third kappa shape index (κ3) is 3.08. The number of carbonyl (C=O) groups is 1. The molecule has 0 radical (unpaired) electrons. The second kappa shape index (κ2) is 5.96. The maximum absolute atomic E-state index is 13.8. The van der Waals surface area contributed by atoms with E-state index in [2.05, 4.69) is 10.6 Å². The van der Waals surface area contributed by atoms with Gasteiger partial charge in [0.2, 0.25) is 0 Å². The second-order valence-corrected chi connectivity index (χ2v) is 6.50. The Bertz CT molecular complexity index is 553. The summed E-state index contributed by atoms with van der Waals surface area (Å²) in [5, 5.41) is 4.92. The van der Waals surface area contributed by atoms with Gasteiger partial charge in [-0.25, -0.2) is 4.79 Å². The molecule has 1 unspecified atom stereocenters. The molecule has 1 heterocycles. The summed E-state index contributed by atoms with van der Waals surface area (Å²) in [6.45, 7) is 1.28. The summed E-state index contributed by atoms with van der Waals surface area (Å²) in [4.78, 5) is 11.6. The van der Waals surface area contributed by atoms with E-state index < -0.39 is 23.5 Å². The van der Waals surface area contributed by atoms with Gasteiger partial charge in [-0.1, -0.05) is 18.5 Å². The first kappa shape index (κ1) is 16.3. The number of benzene rings is 1. The van der Waals surface area contributed by atoms with E-state index in [-0.39, 0.29) is 16.3 Å². The number of amides is 2. The number of rotatable bonds is 3. The van der Waals surface area contributed by atoms with Crippen LogP contribution < -0.4 is 10.6 Å². The van der Waals surface area contributed by atoms with E-state index in [1.807, 2.05) is 6.92 Å². The van der Waals surface area contributed by atoms with Crippen molar-refractivity contribution in [3.05, 3.63) is 28.8 Å². The highest BCUT2D eigenvalue weighted by Crippen LogP contribution is 2.52. The molecule has 3 nitrogen and oxygen atoms in total. The number of alkyl halides is 3. The topological polar surface area (TPSA) is 41.1 Å². The molecule has 0 saturated heterocycles. The summed E-state index contributed by atoms with van der Waals surface area (Å²) in [6.07, 6.45) is -3.93. The molecule has 1 aromatic rings. The van der Waals surface area contributed by atoms with Crippen LogP contribution in [-0.4, -0.2) is 24.5 Å². The van der Waals surface area contributed by atoms with Crippen molar-refractivity contribution in [1.82, 2.24) is 5.32 Å². The molecule has 1 aromatic carbocycles. The summed E-state index contributed by atoms with van der Waals surface area (Å²) < 4.78 is 39.2. The van der Waals surface area contributed by atoms with Crippen LogP contribution in [0.1, 0.15) is 18.9 Å². The molecule has 0 aliphatic carbocycles. The van der Waals surface area contributed by atoms with Crippen molar-refractivity contribution in [3.63, 3.8) is 0 Å². The van der Waals surface area contributed by atoms with Gasteiger partial charge in [0.1, 0.15) is 0 Å². The molecule has 21 heavy (non-hydrogen) atoms. The van der Waals surface area contributed by atoms with Gasteiger partial charge in [0.25, 0.3) is 0 Å². The Labute approximate surface area is 129 Å². The van der Waals surface area contributed by atoms with Gasteiger partial charge >= 0.3 is 12.2 Å². The molecule has 2 rings (SSSR count). The van der Waals surface area contributed by atoms with Crippen molar-refractivity contribution < 1.29 is 18.0 Å². The Morgan fingerprint density at radius 2 is 2.14 bits per heavy atom. The monoisotopic (exact) mass is 338 g/mol. The van der Waals surface area contributed by atoms with Gasteiger partial charge in [-0.05, 0) is 30.4 Å². The minimum atomic E-state index is -4.52. The van der Waals surface area contributed by atoms with Gasteiger partial charge in [-0.3, -0.25) is 0 Å². The Kier molecular flexibility index (Phi) is 4.63. The standard InChI is InChI=1S/C13H14ClF3N2OS/c1-2-5-21-12(13(15,16)17)7-18-11(20)19-10-4-3-8(14)6-9(10)12/h3-4,6H,2,5,7H2,1H3,(H2,18,19,20). The van der Waals surface area contributed by atoms with Gasteiger partial charge in [-0.15, -0.1) is 11.8 Å². The maximum atomic E-state index is 13.8. The van der Waals surface area contributed by atoms with Crippen LogP contribution in [0.5, 0.6) is 0 Å². The smallest absolute Gasteiger partial charge is 0.336 e. The third-order valence-electron chi connectivity index (χ3n) is 3.17. The Morgan fingerprint density at radius 3 is 2.76 bits per heavy atom. The highest BCUT2D eigenvalue weighted by atomic mass is 35.5. The Hall–Kier alpha value is -1.08. The Morgan fingerprint density at radius 1 is 1.43 bits per heavy atom. The van der Waals surface area contributed by atoms with Crippen LogP contribution in [0.3, 0.4) is 0 Å². The lowest BCUT2D eigenvalue weighted by Crippen LogP contribution is -2.47. The first-order valence-electron chi connectivity index (χ1n) is 6.36. The predicted octanol–water partition coefficient (Wildman–Crippen LogP) is 4.38. The van der Waals surface area contributed by atoms with Crippen molar-refractivity contribution in [2.75, 3.05) is 17.6 Å². The molecule has 0 aromatic heterocycles.